The van der Waals surface area contributed by atoms with Crippen LogP contribution in [0.4, 0.5) is 17.1 Å². The molecular weight excluding hydrogens is 406 g/mol. The third kappa shape index (κ3) is 3.11. The highest BCUT2D eigenvalue weighted by molar-refractivity contribution is 7.99. The van der Waals surface area contributed by atoms with Crippen LogP contribution in [0.5, 0.6) is 0 Å². The summed E-state index contributed by atoms with van der Waals surface area (Å²) < 4.78 is 0. The second kappa shape index (κ2) is 7.58. The molecule has 0 spiro atoms. The first-order chi connectivity index (χ1) is 15.7. The molecule has 1 aliphatic rings. The Balaban J connectivity index is 1.73. The molecule has 1 aliphatic heterocycles. The van der Waals surface area contributed by atoms with Gasteiger partial charge in [0.15, 0.2) is 0 Å². The predicted octanol–water partition coefficient (Wildman–Crippen LogP) is 9.06. The first kappa shape index (κ1) is 19.2. The summed E-state index contributed by atoms with van der Waals surface area (Å²) in [6.07, 6.45) is 0. The summed E-state index contributed by atoms with van der Waals surface area (Å²) >= 11 is 1.87. The molecule has 5 aromatic rings. The molecule has 0 atom stereocenters. The normalized spacial score (nSPS) is 12.5. The summed E-state index contributed by atoms with van der Waals surface area (Å²) in [5, 5.41) is 2.52. The van der Waals surface area contributed by atoms with Gasteiger partial charge in [0, 0.05) is 20.7 Å². The monoisotopic (exact) mass is 429 g/mol. The summed E-state index contributed by atoms with van der Waals surface area (Å²) in [5.41, 5.74) is 8.77. The van der Waals surface area contributed by atoms with Gasteiger partial charge in [-0.05, 0) is 60.2 Å². The lowest BCUT2D eigenvalue weighted by Gasteiger charge is -2.35. The van der Waals surface area contributed by atoms with Crippen molar-refractivity contribution in [1.29, 1.82) is 0 Å². The molecule has 0 amide bonds. The van der Waals surface area contributed by atoms with E-state index in [1.54, 1.807) is 0 Å². The van der Waals surface area contributed by atoms with Crippen LogP contribution >= 0.6 is 11.8 Å². The van der Waals surface area contributed by atoms with Crippen molar-refractivity contribution in [2.24, 2.45) is 0 Å². The van der Waals surface area contributed by atoms with Crippen LogP contribution < -0.4 is 4.90 Å². The molecule has 6 rings (SSSR count). The largest absolute Gasteiger partial charge is 0.307 e. The zero-order chi connectivity index (χ0) is 21.7. The molecule has 0 aliphatic carbocycles. The third-order valence-electron chi connectivity index (χ3n) is 6.14. The molecule has 32 heavy (non-hydrogen) atoms. The van der Waals surface area contributed by atoms with Crippen molar-refractivity contribution in [3.63, 3.8) is 0 Å². The fraction of sp³-hybridized carbons (Fsp3) is 0.0667. The zero-order valence-electron chi connectivity index (χ0n) is 18.2. The predicted molar refractivity (Wildman–Crippen MR) is 138 cm³/mol. The maximum absolute atomic E-state index is 2.48. The molecule has 1 nitrogen and oxygen atoms in total. The Kier molecular flexibility index (Phi) is 4.55. The summed E-state index contributed by atoms with van der Waals surface area (Å²) in [4.78, 5) is 5.08. The number of rotatable bonds is 2. The van der Waals surface area contributed by atoms with Crippen molar-refractivity contribution < 1.29 is 0 Å². The quantitative estimate of drug-likeness (QED) is 0.270. The van der Waals surface area contributed by atoms with Gasteiger partial charge in [0.1, 0.15) is 0 Å². The van der Waals surface area contributed by atoms with Gasteiger partial charge < -0.3 is 4.90 Å². The van der Waals surface area contributed by atoms with Crippen LogP contribution in [0, 0.1) is 13.8 Å². The Morgan fingerprint density at radius 2 is 1.22 bits per heavy atom. The number of benzene rings is 5. The van der Waals surface area contributed by atoms with Gasteiger partial charge in [0.2, 0.25) is 0 Å². The fourth-order valence-electron chi connectivity index (χ4n) is 4.61. The summed E-state index contributed by atoms with van der Waals surface area (Å²) in [6.45, 7) is 4.34. The number of aryl methyl sites for hydroxylation is 2. The smallest absolute Gasteiger partial charge is 0.0619 e. The van der Waals surface area contributed by atoms with E-state index in [2.05, 4.69) is 122 Å². The van der Waals surface area contributed by atoms with Crippen LogP contribution in [0.15, 0.2) is 113 Å². The number of anilines is 3. The van der Waals surface area contributed by atoms with Crippen molar-refractivity contribution in [2.75, 3.05) is 4.90 Å². The van der Waals surface area contributed by atoms with Gasteiger partial charge in [-0.25, -0.2) is 0 Å². The molecule has 2 heteroatoms. The third-order valence-corrected chi connectivity index (χ3v) is 7.24. The molecule has 154 valence electrons. The minimum atomic E-state index is 1.23. The van der Waals surface area contributed by atoms with Crippen LogP contribution in [0.1, 0.15) is 11.1 Å². The molecule has 0 fully saturated rings. The van der Waals surface area contributed by atoms with Gasteiger partial charge in [-0.1, -0.05) is 90.6 Å². The van der Waals surface area contributed by atoms with E-state index >= 15 is 0 Å². The first-order valence-corrected chi connectivity index (χ1v) is 11.8. The van der Waals surface area contributed by atoms with Crippen LogP contribution in [-0.4, -0.2) is 0 Å². The fourth-order valence-corrected chi connectivity index (χ4v) is 5.87. The molecule has 5 aromatic carbocycles. The lowest BCUT2D eigenvalue weighted by atomic mass is 9.96. The van der Waals surface area contributed by atoms with E-state index in [0.717, 1.165) is 0 Å². The van der Waals surface area contributed by atoms with Gasteiger partial charge in [0.25, 0.3) is 0 Å². The second-order valence-corrected chi connectivity index (χ2v) is 9.51. The van der Waals surface area contributed by atoms with Crippen LogP contribution in [0.25, 0.3) is 21.9 Å². The lowest BCUT2D eigenvalue weighted by molar-refractivity contribution is 1.15. The minimum Gasteiger partial charge on any atom is -0.307 e. The highest BCUT2D eigenvalue weighted by Crippen LogP contribution is 2.54. The topological polar surface area (TPSA) is 3.24 Å². The second-order valence-electron chi connectivity index (χ2n) is 8.43. The molecule has 0 N–H and O–H groups in total. The van der Waals surface area contributed by atoms with Gasteiger partial charge in [-0.3, -0.25) is 0 Å². The Morgan fingerprint density at radius 3 is 1.91 bits per heavy atom. The zero-order valence-corrected chi connectivity index (χ0v) is 19.0. The van der Waals surface area contributed by atoms with Crippen molar-refractivity contribution >= 4 is 39.6 Å². The highest BCUT2D eigenvalue weighted by Gasteiger charge is 2.28. The Labute approximate surface area is 193 Å². The molecule has 0 bridgehead atoms. The van der Waals surface area contributed by atoms with E-state index in [9.17, 15) is 0 Å². The molecule has 0 aromatic heterocycles. The van der Waals surface area contributed by atoms with E-state index in [1.165, 1.54) is 59.9 Å². The maximum atomic E-state index is 2.48. The van der Waals surface area contributed by atoms with Gasteiger partial charge >= 0.3 is 0 Å². The van der Waals surface area contributed by atoms with Gasteiger partial charge in [-0.15, -0.1) is 0 Å². The van der Waals surface area contributed by atoms with Crippen molar-refractivity contribution in [3.8, 4) is 11.1 Å². The molecule has 0 unspecified atom stereocenters. The standard InChI is InChI=1S/C30H23NS/c1-20-12-16-26-28(18-20)32-29-19-21(2)13-17-27(29)31(26)30-24-11-7-6-10-23(24)14-15-25(30)22-8-4-3-5-9-22/h3-19H,1-2H3. The minimum absolute atomic E-state index is 1.23. The van der Waals surface area contributed by atoms with Crippen LogP contribution in [0.3, 0.4) is 0 Å². The summed E-state index contributed by atoms with van der Waals surface area (Å²) in [6, 6.07) is 37.6. The van der Waals surface area contributed by atoms with Crippen LogP contribution in [-0.2, 0) is 0 Å². The van der Waals surface area contributed by atoms with E-state index < -0.39 is 0 Å². The Hall–Kier alpha value is -3.49. The number of hydrogen-bond donors (Lipinski definition) is 0. The molecular formula is C30H23NS. The Morgan fingerprint density at radius 1 is 0.594 bits per heavy atom. The van der Waals surface area contributed by atoms with Crippen molar-refractivity contribution in [2.45, 2.75) is 23.6 Å². The molecule has 1 heterocycles. The van der Waals surface area contributed by atoms with Gasteiger partial charge in [0.05, 0.1) is 17.1 Å². The molecule has 0 saturated heterocycles. The van der Waals surface area contributed by atoms with E-state index in [0.29, 0.717) is 0 Å². The highest BCUT2D eigenvalue weighted by atomic mass is 32.2. The van der Waals surface area contributed by atoms with Gasteiger partial charge in [-0.2, -0.15) is 0 Å². The average Bonchev–Trinajstić information content (AvgIpc) is 2.82. The lowest BCUT2D eigenvalue weighted by Crippen LogP contribution is -2.16. The average molecular weight is 430 g/mol. The SMILES string of the molecule is Cc1ccc2c(c1)Sc1cc(C)ccc1N2c1c(-c2ccccc2)ccc2ccccc12. The molecule has 0 saturated carbocycles. The summed E-state index contributed by atoms with van der Waals surface area (Å²) in [5.74, 6) is 0. The van der Waals surface area contributed by atoms with E-state index in [1.807, 2.05) is 11.8 Å². The van der Waals surface area contributed by atoms with Crippen LogP contribution in [0.2, 0.25) is 0 Å². The van der Waals surface area contributed by atoms with E-state index in [4.69, 9.17) is 0 Å². The van der Waals surface area contributed by atoms with E-state index in [-0.39, 0.29) is 0 Å². The molecule has 0 radical (unpaired) electrons. The number of hydrogen-bond acceptors (Lipinski definition) is 2. The maximum Gasteiger partial charge on any atom is 0.0619 e. The summed E-state index contributed by atoms with van der Waals surface area (Å²) in [7, 11) is 0. The number of fused-ring (bicyclic) bond motifs is 3. The van der Waals surface area contributed by atoms with Crippen molar-refractivity contribution in [1.82, 2.24) is 0 Å². The number of nitrogens with zero attached hydrogens (tertiary/aromatic N) is 1. The Bertz CT molecular complexity index is 1420. The van der Waals surface area contributed by atoms with Crippen molar-refractivity contribution in [3.05, 3.63) is 114 Å². The first-order valence-electron chi connectivity index (χ1n) is 11.0.